The lowest BCUT2D eigenvalue weighted by molar-refractivity contribution is -0.136. The van der Waals surface area contributed by atoms with Gasteiger partial charge in [0.05, 0.1) is 11.4 Å². The number of carboxylic acid groups (broad SMARTS) is 1. The van der Waals surface area contributed by atoms with Gasteiger partial charge in [0.1, 0.15) is 17.3 Å². The van der Waals surface area contributed by atoms with E-state index in [4.69, 9.17) is 27.9 Å². The summed E-state index contributed by atoms with van der Waals surface area (Å²) in [5.74, 6) is -0.251. The summed E-state index contributed by atoms with van der Waals surface area (Å²) in [5.41, 5.74) is 2.49. The van der Waals surface area contributed by atoms with Crippen LogP contribution < -0.4 is 4.74 Å². The molecule has 0 bridgehead atoms. The van der Waals surface area contributed by atoms with Gasteiger partial charge in [0, 0.05) is 43.3 Å². The number of aliphatic carboxylic acids is 1. The Bertz CT molecular complexity index is 1320. The maximum Gasteiger partial charge on any atom is 0.307 e. The van der Waals surface area contributed by atoms with Crippen LogP contribution in [0, 0.1) is 0 Å². The van der Waals surface area contributed by atoms with Crippen LogP contribution in [0.1, 0.15) is 16.7 Å². The highest BCUT2D eigenvalue weighted by Gasteiger charge is 2.30. The first kappa shape index (κ1) is 26.4. The molecule has 0 aromatic heterocycles. The molecule has 3 aromatic carbocycles. The second kappa shape index (κ2) is 11.6. The SMILES string of the molecule is O=C(O)Cc1ccc(OCc2ccc(Cl)cc2)c(CN2CCN(S(=O)(=O)c3ccccc3Cl)CC2)c1. The minimum absolute atomic E-state index is 0.0890. The number of carbonyl (C=O) groups is 1. The van der Waals surface area contributed by atoms with Crippen LogP contribution in [0.2, 0.25) is 10.0 Å². The van der Waals surface area contributed by atoms with Gasteiger partial charge in [0.15, 0.2) is 0 Å². The summed E-state index contributed by atoms with van der Waals surface area (Å²) < 4.78 is 33.6. The van der Waals surface area contributed by atoms with E-state index in [0.717, 1.165) is 11.1 Å². The highest BCUT2D eigenvalue weighted by Crippen LogP contribution is 2.27. The van der Waals surface area contributed by atoms with E-state index in [-0.39, 0.29) is 16.3 Å². The predicted molar refractivity (Wildman–Crippen MR) is 139 cm³/mol. The smallest absolute Gasteiger partial charge is 0.307 e. The van der Waals surface area contributed by atoms with Crippen molar-refractivity contribution >= 4 is 39.2 Å². The Hall–Kier alpha value is -2.62. The molecule has 1 fully saturated rings. The van der Waals surface area contributed by atoms with Gasteiger partial charge in [0.25, 0.3) is 0 Å². The molecule has 1 saturated heterocycles. The molecule has 0 aliphatic carbocycles. The average molecular weight is 549 g/mol. The van der Waals surface area contributed by atoms with Gasteiger partial charge in [0.2, 0.25) is 10.0 Å². The largest absolute Gasteiger partial charge is 0.489 e. The number of piperazine rings is 1. The van der Waals surface area contributed by atoms with E-state index < -0.39 is 16.0 Å². The molecular formula is C26H26Cl2N2O5S. The molecule has 36 heavy (non-hydrogen) atoms. The Labute approximate surface area is 220 Å². The quantitative estimate of drug-likeness (QED) is 0.416. The van der Waals surface area contributed by atoms with Gasteiger partial charge in [-0.15, -0.1) is 0 Å². The third-order valence-corrected chi connectivity index (χ3v) is 8.62. The lowest BCUT2D eigenvalue weighted by Crippen LogP contribution is -2.48. The van der Waals surface area contributed by atoms with Crippen molar-refractivity contribution in [3.05, 3.63) is 93.5 Å². The Morgan fingerprint density at radius 3 is 2.25 bits per heavy atom. The van der Waals surface area contributed by atoms with Crippen LogP contribution in [0.15, 0.2) is 71.6 Å². The Morgan fingerprint density at radius 1 is 0.917 bits per heavy atom. The van der Waals surface area contributed by atoms with Gasteiger partial charge in [-0.1, -0.05) is 59.6 Å². The van der Waals surface area contributed by atoms with Gasteiger partial charge in [-0.2, -0.15) is 4.31 Å². The first-order valence-corrected chi connectivity index (χ1v) is 13.6. The Kier molecular flexibility index (Phi) is 8.54. The van der Waals surface area contributed by atoms with Crippen molar-refractivity contribution in [1.29, 1.82) is 0 Å². The zero-order valence-electron chi connectivity index (χ0n) is 19.4. The van der Waals surface area contributed by atoms with E-state index in [1.807, 2.05) is 18.2 Å². The van der Waals surface area contributed by atoms with Crippen LogP contribution >= 0.6 is 23.2 Å². The van der Waals surface area contributed by atoms with Crippen LogP contribution in [-0.4, -0.2) is 54.9 Å². The molecule has 7 nitrogen and oxygen atoms in total. The summed E-state index contributed by atoms with van der Waals surface area (Å²) >= 11 is 12.1. The summed E-state index contributed by atoms with van der Waals surface area (Å²) in [5, 5.41) is 10.1. The molecule has 3 aromatic rings. The van der Waals surface area contributed by atoms with Crippen molar-refractivity contribution in [3.63, 3.8) is 0 Å². The fourth-order valence-corrected chi connectivity index (χ4v) is 6.13. The number of hydrogen-bond acceptors (Lipinski definition) is 5. The normalized spacial score (nSPS) is 15.1. The zero-order chi connectivity index (χ0) is 25.7. The van der Waals surface area contributed by atoms with Crippen molar-refractivity contribution in [1.82, 2.24) is 9.21 Å². The molecule has 0 amide bonds. The molecule has 0 unspecified atom stereocenters. The molecule has 10 heteroatoms. The van der Waals surface area contributed by atoms with Crippen molar-refractivity contribution in [2.45, 2.75) is 24.5 Å². The van der Waals surface area contributed by atoms with Crippen LogP contribution in [-0.2, 0) is 34.4 Å². The van der Waals surface area contributed by atoms with E-state index in [1.54, 1.807) is 42.5 Å². The van der Waals surface area contributed by atoms with E-state index in [9.17, 15) is 18.3 Å². The zero-order valence-corrected chi connectivity index (χ0v) is 21.8. The lowest BCUT2D eigenvalue weighted by atomic mass is 10.1. The molecule has 1 N–H and O–H groups in total. The minimum atomic E-state index is -3.68. The third-order valence-electron chi connectivity index (χ3n) is 5.97. The topological polar surface area (TPSA) is 87.2 Å². The van der Waals surface area contributed by atoms with Gasteiger partial charge < -0.3 is 9.84 Å². The maximum absolute atomic E-state index is 13.1. The number of rotatable bonds is 9. The second-order valence-corrected chi connectivity index (χ2v) is 11.3. The number of halogens is 2. The molecule has 1 aliphatic heterocycles. The van der Waals surface area contributed by atoms with Crippen LogP contribution in [0.3, 0.4) is 0 Å². The molecule has 0 spiro atoms. The van der Waals surface area contributed by atoms with Crippen molar-refractivity contribution < 1.29 is 23.1 Å². The second-order valence-electron chi connectivity index (χ2n) is 8.54. The highest BCUT2D eigenvalue weighted by atomic mass is 35.5. The van der Waals surface area contributed by atoms with Gasteiger partial charge in [-0.05, 0) is 41.5 Å². The molecule has 1 heterocycles. The van der Waals surface area contributed by atoms with Gasteiger partial charge >= 0.3 is 5.97 Å². The van der Waals surface area contributed by atoms with E-state index >= 15 is 0 Å². The highest BCUT2D eigenvalue weighted by molar-refractivity contribution is 7.89. The average Bonchev–Trinajstić information content (AvgIpc) is 2.85. The number of ether oxygens (including phenoxy) is 1. The van der Waals surface area contributed by atoms with Crippen molar-refractivity contribution in [2.24, 2.45) is 0 Å². The molecule has 1 aliphatic rings. The number of hydrogen-bond donors (Lipinski definition) is 1. The minimum Gasteiger partial charge on any atom is -0.489 e. The number of sulfonamides is 1. The Balaban J connectivity index is 1.46. The van der Waals surface area contributed by atoms with Crippen LogP contribution in [0.5, 0.6) is 5.75 Å². The van der Waals surface area contributed by atoms with E-state index in [0.29, 0.717) is 55.7 Å². The maximum atomic E-state index is 13.1. The molecular weight excluding hydrogens is 523 g/mol. The summed E-state index contributed by atoms with van der Waals surface area (Å²) in [6, 6.07) is 19.2. The summed E-state index contributed by atoms with van der Waals surface area (Å²) in [4.78, 5) is 13.5. The lowest BCUT2D eigenvalue weighted by Gasteiger charge is -2.34. The fraction of sp³-hybridized carbons (Fsp3) is 0.269. The molecule has 0 atom stereocenters. The van der Waals surface area contributed by atoms with Crippen molar-refractivity contribution in [3.8, 4) is 5.75 Å². The van der Waals surface area contributed by atoms with Crippen LogP contribution in [0.25, 0.3) is 0 Å². The predicted octanol–water partition coefficient (Wildman–Crippen LogP) is 4.71. The van der Waals surface area contributed by atoms with E-state index in [1.165, 1.54) is 10.4 Å². The molecule has 190 valence electrons. The van der Waals surface area contributed by atoms with Crippen molar-refractivity contribution in [2.75, 3.05) is 26.2 Å². The number of nitrogens with zero attached hydrogens (tertiary/aromatic N) is 2. The first-order chi connectivity index (χ1) is 17.2. The van der Waals surface area contributed by atoms with E-state index in [2.05, 4.69) is 4.90 Å². The summed E-state index contributed by atoms with van der Waals surface area (Å²) in [6.07, 6.45) is -0.0890. The molecule has 4 rings (SSSR count). The van der Waals surface area contributed by atoms with Crippen LogP contribution in [0.4, 0.5) is 0 Å². The Morgan fingerprint density at radius 2 is 1.58 bits per heavy atom. The van der Waals surface area contributed by atoms with Gasteiger partial charge in [-0.25, -0.2) is 8.42 Å². The van der Waals surface area contributed by atoms with Gasteiger partial charge in [-0.3, -0.25) is 9.69 Å². The molecule has 0 saturated carbocycles. The number of benzene rings is 3. The third kappa shape index (κ3) is 6.57. The first-order valence-electron chi connectivity index (χ1n) is 11.4. The summed E-state index contributed by atoms with van der Waals surface area (Å²) in [6.45, 7) is 2.52. The molecule has 0 radical (unpaired) electrons. The number of carboxylic acids is 1. The standard InChI is InChI=1S/C26H26Cl2N2O5S/c27-22-8-5-19(6-9-22)18-35-24-10-7-20(16-26(31)32)15-21(24)17-29-11-13-30(14-12-29)36(33,34)25-4-2-1-3-23(25)28/h1-10,15H,11-14,16-18H2,(H,31,32). The monoisotopic (exact) mass is 548 g/mol. The fourth-order valence-electron chi connectivity index (χ4n) is 4.09. The summed E-state index contributed by atoms with van der Waals surface area (Å²) in [7, 11) is -3.68.